The molecule has 4 heteroatoms. The third kappa shape index (κ3) is 3.41. The largest absolute Gasteiger partial charge is 0.456 e. The normalized spacial score (nSPS) is 10.3. The Balaban J connectivity index is 2.28. The summed E-state index contributed by atoms with van der Waals surface area (Å²) >= 11 is 3.29. The van der Waals surface area contributed by atoms with E-state index >= 15 is 0 Å². The molecule has 0 fully saturated rings. The highest BCUT2D eigenvalue weighted by molar-refractivity contribution is 9.10. The summed E-state index contributed by atoms with van der Waals surface area (Å²) in [6.07, 6.45) is 0.438. The predicted octanol–water partition coefficient (Wildman–Crippen LogP) is 4.97. The minimum atomic E-state index is -0.376. The zero-order valence-corrected chi connectivity index (χ0v) is 11.9. The minimum Gasteiger partial charge on any atom is -0.456 e. The van der Waals surface area contributed by atoms with Gasteiger partial charge >= 0.3 is 0 Å². The van der Waals surface area contributed by atoms with Crippen molar-refractivity contribution in [1.82, 2.24) is 0 Å². The van der Waals surface area contributed by atoms with Crippen molar-refractivity contribution < 1.29 is 13.9 Å². The maximum atomic E-state index is 13.2. The van der Waals surface area contributed by atoms with E-state index in [4.69, 9.17) is 4.74 Å². The lowest BCUT2D eigenvalue weighted by atomic mass is 10.1. The van der Waals surface area contributed by atoms with Gasteiger partial charge in [0.15, 0.2) is 5.78 Å². The molecule has 2 aromatic rings. The van der Waals surface area contributed by atoms with Crippen molar-refractivity contribution in [1.29, 1.82) is 0 Å². The van der Waals surface area contributed by atoms with Gasteiger partial charge in [0.25, 0.3) is 0 Å². The fraction of sp³-hybridized carbons (Fsp3) is 0.133. The Hall–Kier alpha value is -1.68. The minimum absolute atomic E-state index is 0.0451. The summed E-state index contributed by atoms with van der Waals surface area (Å²) in [7, 11) is 0. The molecular weight excluding hydrogens is 311 g/mol. The molecule has 2 nitrogen and oxygen atoms in total. The van der Waals surface area contributed by atoms with E-state index in [-0.39, 0.29) is 11.6 Å². The summed E-state index contributed by atoms with van der Waals surface area (Å²) in [6.45, 7) is 1.80. The number of rotatable bonds is 4. The van der Waals surface area contributed by atoms with Crippen LogP contribution in [-0.2, 0) is 0 Å². The van der Waals surface area contributed by atoms with E-state index in [1.54, 1.807) is 37.3 Å². The lowest BCUT2D eigenvalue weighted by Gasteiger charge is -2.08. The topological polar surface area (TPSA) is 26.3 Å². The van der Waals surface area contributed by atoms with Crippen LogP contribution in [0.5, 0.6) is 11.5 Å². The first-order valence-corrected chi connectivity index (χ1v) is 6.65. The van der Waals surface area contributed by atoms with Gasteiger partial charge in [-0.15, -0.1) is 0 Å². The molecule has 0 N–H and O–H groups in total. The van der Waals surface area contributed by atoms with Crippen LogP contribution in [0, 0.1) is 5.82 Å². The zero-order chi connectivity index (χ0) is 13.8. The molecule has 2 rings (SSSR count). The lowest BCUT2D eigenvalue weighted by Crippen LogP contribution is -1.96. The molecule has 0 amide bonds. The van der Waals surface area contributed by atoms with E-state index in [2.05, 4.69) is 15.9 Å². The number of Topliss-reactive ketones (excluding diaryl/α,β-unsaturated/α-hetero) is 1. The number of ether oxygens (including phenoxy) is 1. The van der Waals surface area contributed by atoms with Crippen LogP contribution in [0.3, 0.4) is 0 Å². The summed E-state index contributed by atoms with van der Waals surface area (Å²) in [5.74, 6) is 0.550. The molecule has 0 atom stereocenters. The van der Waals surface area contributed by atoms with Gasteiger partial charge in [-0.1, -0.05) is 19.1 Å². The van der Waals surface area contributed by atoms with Gasteiger partial charge in [-0.3, -0.25) is 4.79 Å². The second-order valence-electron chi connectivity index (χ2n) is 3.98. The first kappa shape index (κ1) is 13.7. The smallest absolute Gasteiger partial charge is 0.162 e. The van der Waals surface area contributed by atoms with E-state index in [0.717, 1.165) is 0 Å². The van der Waals surface area contributed by atoms with E-state index in [0.29, 0.717) is 28.0 Å². The molecule has 0 aliphatic rings. The Morgan fingerprint density at radius 2 is 2.05 bits per heavy atom. The third-order valence-electron chi connectivity index (χ3n) is 2.60. The van der Waals surface area contributed by atoms with Gasteiger partial charge in [-0.2, -0.15) is 0 Å². The SMILES string of the molecule is CCC(=O)c1cccc(Oc2cc(F)ccc2Br)c1. The maximum absolute atomic E-state index is 13.2. The van der Waals surface area contributed by atoms with Gasteiger partial charge < -0.3 is 4.74 Å². The fourth-order valence-corrected chi connectivity index (χ4v) is 1.95. The molecule has 0 unspecified atom stereocenters. The summed E-state index contributed by atoms with van der Waals surface area (Å²) in [5.41, 5.74) is 0.590. The Morgan fingerprint density at radius 3 is 2.79 bits per heavy atom. The van der Waals surface area contributed by atoms with Crippen molar-refractivity contribution >= 4 is 21.7 Å². The molecule has 0 aromatic heterocycles. The Bertz CT molecular complexity index is 611. The van der Waals surface area contributed by atoms with Gasteiger partial charge in [-0.05, 0) is 40.2 Å². The molecule has 0 saturated carbocycles. The van der Waals surface area contributed by atoms with Crippen LogP contribution < -0.4 is 4.74 Å². The number of halogens is 2. The molecule has 0 aliphatic heterocycles. The standard InChI is InChI=1S/C15H12BrFO2/c1-2-14(18)10-4-3-5-12(8-10)19-15-9-11(17)6-7-13(15)16/h3-9H,2H2,1H3. The quantitative estimate of drug-likeness (QED) is 0.742. The van der Waals surface area contributed by atoms with Crippen molar-refractivity contribution in [3.8, 4) is 11.5 Å². The van der Waals surface area contributed by atoms with Gasteiger partial charge in [-0.25, -0.2) is 4.39 Å². The van der Waals surface area contributed by atoms with Crippen LogP contribution in [0.15, 0.2) is 46.9 Å². The zero-order valence-electron chi connectivity index (χ0n) is 10.3. The van der Waals surface area contributed by atoms with Crippen LogP contribution in [0.4, 0.5) is 4.39 Å². The van der Waals surface area contributed by atoms with Crippen LogP contribution in [0.2, 0.25) is 0 Å². The van der Waals surface area contributed by atoms with E-state index in [1.807, 2.05) is 0 Å². The highest BCUT2D eigenvalue weighted by atomic mass is 79.9. The molecule has 2 aromatic carbocycles. The molecule has 0 bridgehead atoms. The molecule has 0 radical (unpaired) electrons. The number of hydrogen-bond donors (Lipinski definition) is 0. The Morgan fingerprint density at radius 1 is 1.26 bits per heavy atom. The van der Waals surface area contributed by atoms with Crippen LogP contribution in [0.25, 0.3) is 0 Å². The van der Waals surface area contributed by atoms with Crippen molar-refractivity contribution in [3.05, 3.63) is 58.3 Å². The third-order valence-corrected chi connectivity index (χ3v) is 3.25. The summed E-state index contributed by atoms with van der Waals surface area (Å²) in [4.78, 5) is 11.6. The van der Waals surface area contributed by atoms with Gasteiger partial charge in [0.05, 0.1) is 4.47 Å². The van der Waals surface area contributed by atoms with E-state index < -0.39 is 0 Å². The molecule has 98 valence electrons. The number of ketones is 1. The molecule has 0 spiro atoms. The summed E-state index contributed by atoms with van der Waals surface area (Å²) in [6, 6.07) is 11.1. The first-order chi connectivity index (χ1) is 9.10. The van der Waals surface area contributed by atoms with Crippen molar-refractivity contribution in [2.45, 2.75) is 13.3 Å². The average molecular weight is 323 g/mol. The molecule has 0 aliphatic carbocycles. The molecule has 19 heavy (non-hydrogen) atoms. The second-order valence-corrected chi connectivity index (χ2v) is 4.84. The first-order valence-electron chi connectivity index (χ1n) is 5.86. The lowest BCUT2D eigenvalue weighted by molar-refractivity contribution is 0.0988. The fourth-order valence-electron chi connectivity index (χ4n) is 1.62. The van der Waals surface area contributed by atoms with Crippen molar-refractivity contribution in [2.24, 2.45) is 0 Å². The molecule has 0 saturated heterocycles. The molecule has 0 heterocycles. The highest BCUT2D eigenvalue weighted by Crippen LogP contribution is 2.30. The van der Waals surface area contributed by atoms with Gasteiger partial charge in [0.1, 0.15) is 17.3 Å². The second kappa shape index (κ2) is 5.97. The van der Waals surface area contributed by atoms with E-state index in [9.17, 15) is 9.18 Å². The predicted molar refractivity (Wildman–Crippen MR) is 75.2 cm³/mol. The Kier molecular flexibility index (Phi) is 4.32. The average Bonchev–Trinajstić information content (AvgIpc) is 2.42. The number of carbonyl (C=O) groups is 1. The Labute approximate surface area is 119 Å². The maximum Gasteiger partial charge on any atom is 0.162 e. The number of hydrogen-bond acceptors (Lipinski definition) is 2. The van der Waals surface area contributed by atoms with Gasteiger partial charge in [0, 0.05) is 18.1 Å². The number of carbonyl (C=O) groups excluding carboxylic acids is 1. The van der Waals surface area contributed by atoms with Crippen molar-refractivity contribution in [3.63, 3.8) is 0 Å². The van der Waals surface area contributed by atoms with Gasteiger partial charge in [0.2, 0.25) is 0 Å². The van der Waals surface area contributed by atoms with Crippen LogP contribution in [0.1, 0.15) is 23.7 Å². The van der Waals surface area contributed by atoms with Crippen LogP contribution in [-0.4, -0.2) is 5.78 Å². The summed E-state index contributed by atoms with van der Waals surface area (Å²) < 4.78 is 19.4. The van der Waals surface area contributed by atoms with Crippen LogP contribution >= 0.6 is 15.9 Å². The number of benzene rings is 2. The summed E-state index contributed by atoms with van der Waals surface area (Å²) in [5, 5.41) is 0. The highest BCUT2D eigenvalue weighted by Gasteiger charge is 2.07. The van der Waals surface area contributed by atoms with Crippen molar-refractivity contribution in [2.75, 3.05) is 0 Å². The molecular formula is C15H12BrFO2. The monoisotopic (exact) mass is 322 g/mol. The van der Waals surface area contributed by atoms with E-state index in [1.165, 1.54) is 12.1 Å².